The molecule has 8 nitrogen and oxygen atoms in total. The lowest BCUT2D eigenvalue weighted by atomic mass is 10.2. The molecule has 0 spiro atoms. The van der Waals surface area contributed by atoms with Crippen LogP contribution in [0.3, 0.4) is 0 Å². The maximum Gasteiger partial charge on any atom is 0.258 e. The molecule has 1 saturated carbocycles. The molecule has 1 aliphatic heterocycles. The molecule has 2 N–H and O–H groups in total. The zero-order valence-electron chi connectivity index (χ0n) is 18.5. The van der Waals surface area contributed by atoms with E-state index in [1.54, 1.807) is 17.1 Å². The third-order valence-electron chi connectivity index (χ3n) is 7.37. The molecule has 2 aliphatic carbocycles. The topological polar surface area (TPSA) is 91.7 Å². The predicted octanol–water partition coefficient (Wildman–Crippen LogP) is 2.78. The first-order valence-electron chi connectivity index (χ1n) is 11.3. The van der Waals surface area contributed by atoms with Crippen LogP contribution in [0.15, 0.2) is 24.5 Å². The summed E-state index contributed by atoms with van der Waals surface area (Å²) in [6, 6.07) is 3.78. The summed E-state index contributed by atoms with van der Waals surface area (Å²) in [6.07, 6.45) is 5.06. The molecule has 1 amide bonds. The fraction of sp³-hybridized carbons (Fsp3) is 0.478. The van der Waals surface area contributed by atoms with Gasteiger partial charge in [0, 0.05) is 25.0 Å². The lowest BCUT2D eigenvalue weighted by molar-refractivity contribution is 0.0796. The van der Waals surface area contributed by atoms with E-state index in [-0.39, 0.29) is 11.9 Å². The summed E-state index contributed by atoms with van der Waals surface area (Å²) in [7, 11) is 0. The van der Waals surface area contributed by atoms with E-state index in [1.165, 1.54) is 5.56 Å². The van der Waals surface area contributed by atoms with E-state index in [1.807, 2.05) is 30.9 Å². The van der Waals surface area contributed by atoms with Crippen LogP contribution in [0.1, 0.15) is 51.0 Å². The van der Waals surface area contributed by atoms with Gasteiger partial charge in [-0.25, -0.2) is 13.8 Å². The first-order chi connectivity index (χ1) is 15.8. The molecule has 2 unspecified atom stereocenters. The number of anilines is 1. The first kappa shape index (κ1) is 20.3. The zero-order chi connectivity index (χ0) is 22.9. The molecule has 2 fully saturated rings. The molecule has 3 atom stereocenters. The van der Waals surface area contributed by atoms with E-state index < -0.39 is 17.8 Å². The number of pyridine rings is 1. The third-order valence-corrected chi connectivity index (χ3v) is 7.37. The van der Waals surface area contributed by atoms with Crippen molar-refractivity contribution in [3.05, 3.63) is 58.3 Å². The Morgan fingerprint density at radius 3 is 2.79 bits per heavy atom. The van der Waals surface area contributed by atoms with Gasteiger partial charge in [0.05, 0.1) is 47.6 Å². The summed E-state index contributed by atoms with van der Waals surface area (Å²) in [6.45, 7) is 5.08. The number of piperidine rings is 1. The second-order valence-corrected chi connectivity index (χ2v) is 9.40. The third kappa shape index (κ3) is 3.30. The molecule has 3 aliphatic rings. The molecule has 6 rings (SSSR count). The Bertz CT molecular complexity index is 1240. The zero-order valence-corrected chi connectivity index (χ0v) is 18.5. The van der Waals surface area contributed by atoms with E-state index in [0.717, 1.165) is 41.3 Å². The van der Waals surface area contributed by atoms with Gasteiger partial charge in [-0.3, -0.25) is 14.6 Å². The number of amides is 1. The van der Waals surface area contributed by atoms with Gasteiger partial charge in [-0.2, -0.15) is 10.2 Å². The van der Waals surface area contributed by atoms with Crippen molar-refractivity contribution in [2.45, 2.75) is 45.2 Å². The van der Waals surface area contributed by atoms with E-state index in [2.05, 4.69) is 25.6 Å². The number of halogens is 2. The van der Waals surface area contributed by atoms with Crippen molar-refractivity contribution >= 4 is 11.7 Å². The van der Waals surface area contributed by atoms with Crippen LogP contribution in [0.25, 0.3) is 0 Å². The van der Waals surface area contributed by atoms with Gasteiger partial charge in [-0.15, -0.1) is 0 Å². The van der Waals surface area contributed by atoms with Crippen LogP contribution in [0, 0.1) is 25.7 Å². The summed E-state index contributed by atoms with van der Waals surface area (Å²) in [5.74, 6) is -2.97. The van der Waals surface area contributed by atoms with Crippen molar-refractivity contribution in [3.8, 4) is 0 Å². The average molecular weight is 453 g/mol. The van der Waals surface area contributed by atoms with Gasteiger partial charge in [0.25, 0.3) is 11.8 Å². The van der Waals surface area contributed by atoms with Crippen LogP contribution >= 0.6 is 0 Å². The summed E-state index contributed by atoms with van der Waals surface area (Å²) in [5.41, 5.74) is 5.48. The Morgan fingerprint density at radius 1 is 1.24 bits per heavy atom. The number of nitrogens with zero attached hydrogens (tertiary/aromatic N) is 5. The lowest BCUT2D eigenvalue weighted by Gasteiger charge is -2.21. The van der Waals surface area contributed by atoms with E-state index in [0.29, 0.717) is 25.2 Å². The van der Waals surface area contributed by atoms with Crippen molar-refractivity contribution in [2.24, 2.45) is 11.8 Å². The van der Waals surface area contributed by atoms with E-state index in [9.17, 15) is 13.6 Å². The van der Waals surface area contributed by atoms with Gasteiger partial charge in [0.1, 0.15) is 5.82 Å². The number of nitrogens with one attached hydrogen (secondary N) is 2. The van der Waals surface area contributed by atoms with Gasteiger partial charge in [-0.05, 0) is 43.9 Å². The summed E-state index contributed by atoms with van der Waals surface area (Å²) >= 11 is 0. The van der Waals surface area contributed by atoms with Crippen molar-refractivity contribution in [1.82, 2.24) is 30.3 Å². The summed E-state index contributed by atoms with van der Waals surface area (Å²) < 4.78 is 28.6. The van der Waals surface area contributed by atoms with Gasteiger partial charge in [0.15, 0.2) is 0 Å². The first-order valence-corrected chi connectivity index (χ1v) is 11.3. The van der Waals surface area contributed by atoms with Gasteiger partial charge in [-0.1, -0.05) is 6.07 Å². The molecule has 0 bridgehead atoms. The number of fused-ring (bicyclic) bond motifs is 2. The molecule has 10 heteroatoms. The van der Waals surface area contributed by atoms with Crippen LogP contribution in [-0.4, -0.2) is 49.9 Å². The van der Waals surface area contributed by atoms with Crippen molar-refractivity contribution in [1.29, 1.82) is 0 Å². The molecule has 3 aromatic rings. The molecule has 172 valence electrons. The molecular weight excluding hydrogens is 428 g/mol. The minimum atomic E-state index is -2.49. The Balaban J connectivity index is 1.10. The molecule has 33 heavy (non-hydrogen) atoms. The molecule has 4 heterocycles. The highest BCUT2D eigenvalue weighted by atomic mass is 19.3. The van der Waals surface area contributed by atoms with Crippen LogP contribution in [-0.2, 0) is 13.0 Å². The van der Waals surface area contributed by atoms with Gasteiger partial charge < -0.3 is 10.2 Å². The molecular formula is C23H25F2N7O. The van der Waals surface area contributed by atoms with Crippen LogP contribution in [0.5, 0.6) is 0 Å². The normalized spacial score (nSPS) is 24.6. The minimum absolute atomic E-state index is 0.0624. The number of hydrogen-bond acceptors (Lipinski definition) is 5. The van der Waals surface area contributed by atoms with Gasteiger partial charge >= 0.3 is 0 Å². The number of alkyl halides is 2. The standard InChI is InChI=1S/C23H25F2N7O/c1-12-14(3-6-20(27-12)31-10-17-18(11-31)23(17,24)25)8-32-9-15(7-26-32)22(33)28-19-5-4-16-13(2)29-30-21(16)19/h3,6-7,9,17-19H,4-5,8,10-11H2,1-2H3,(H,28,33)(H,29,30)/t17?,18?,19-/m1/s1. The summed E-state index contributed by atoms with van der Waals surface area (Å²) in [4.78, 5) is 19.3. The van der Waals surface area contributed by atoms with E-state index >= 15 is 0 Å². The quantitative estimate of drug-likeness (QED) is 0.620. The number of rotatable bonds is 5. The lowest BCUT2D eigenvalue weighted by Crippen LogP contribution is -2.28. The number of carbonyl (C=O) groups excluding carboxylic acids is 1. The van der Waals surface area contributed by atoms with Crippen LogP contribution in [0.2, 0.25) is 0 Å². The van der Waals surface area contributed by atoms with E-state index in [4.69, 9.17) is 0 Å². The minimum Gasteiger partial charge on any atom is -0.356 e. The highest BCUT2D eigenvalue weighted by Gasteiger charge is 2.71. The Hall–Kier alpha value is -3.30. The van der Waals surface area contributed by atoms with Gasteiger partial charge in [0.2, 0.25) is 0 Å². The number of carbonyl (C=O) groups is 1. The fourth-order valence-corrected chi connectivity index (χ4v) is 5.25. The number of aromatic nitrogens is 5. The number of aryl methyl sites for hydroxylation is 2. The monoisotopic (exact) mass is 453 g/mol. The molecule has 1 saturated heterocycles. The van der Waals surface area contributed by atoms with Crippen molar-refractivity contribution in [2.75, 3.05) is 18.0 Å². The molecule has 0 radical (unpaired) electrons. The summed E-state index contributed by atoms with van der Waals surface area (Å²) in [5, 5.41) is 14.7. The molecule has 0 aromatic carbocycles. The Morgan fingerprint density at radius 2 is 2.03 bits per heavy atom. The second kappa shape index (κ2) is 7.10. The smallest absolute Gasteiger partial charge is 0.258 e. The molecule has 3 aromatic heterocycles. The number of hydrogen-bond donors (Lipinski definition) is 2. The second-order valence-electron chi connectivity index (χ2n) is 9.40. The predicted molar refractivity (Wildman–Crippen MR) is 116 cm³/mol. The van der Waals surface area contributed by atoms with Crippen molar-refractivity contribution < 1.29 is 13.6 Å². The Labute approximate surface area is 189 Å². The van der Waals surface area contributed by atoms with Crippen LogP contribution in [0.4, 0.5) is 14.6 Å². The maximum atomic E-state index is 13.5. The number of aromatic amines is 1. The maximum absolute atomic E-state index is 13.5. The number of H-pyrrole nitrogens is 1. The highest BCUT2D eigenvalue weighted by Crippen LogP contribution is 2.59. The SMILES string of the molecule is Cc1nc(N2CC3C(C2)C3(F)F)ccc1Cn1cc(C(=O)N[C@@H]2CCc3c(C)n[nH]c32)cn1. The Kier molecular flexibility index (Phi) is 4.37. The van der Waals surface area contributed by atoms with Crippen LogP contribution < -0.4 is 10.2 Å². The fourth-order valence-electron chi connectivity index (χ4n) is 5.25. The average Bonchev–Trinajstić information content (AvgIpc) is 3.41. The van der Waals surface area contributed by atoms with Crippen molar-refractivity contribution in [3.63, 3.8) is 0 Å². The largest absolute Gasteiger partial charge is 0.356 e. The highest BCUT2D eigenvalue weighted by molar-refractivity contribution is 5.94.